The molecule has 1 unspecified atom stereocenters. The number of carbonyl (C=O) groups is 2. The standard InChI is InChI=1S/C22H24F2N2O3/c1-14(2)21(26-10-4-7-20(26)27)22(28)25-17-8-9-19(18(24)12-17)29-13-15-5-3-6-16(23)11-15/h3,5-6,8-9,11-12,14,21H,4,7,10,13H2,1-2H3,(H,25,28). The van der Waals surface area contributed by atoms with Gasteiger partial charge in [-0.05, 0) is 42.2 Å². The third-order valence-corrected chi connectivity index (χ3v) is 4.83. The highest BCUT2D eigenvalue weighted by atomic mass is 19.1. The number of nitrogens with zero attached hydrogens (tertiary/aromatic N) is 1. The van der Waals surface area contributed by atoms with Crippen molar-refractivity contribution in [1.29, 1.82) is 0 Å². The molecule has 1 N–H and O–H groups in total. The maximum atomic E-state index is 14.4. The van der Waals surface area contributed by atoms with Crippen molar-refractivity contribution < 1.29 is 23.1 Å². The van der Waals surface area contributed by atoms with E-state index in [2.05, 4.69) is 5.32 Å². The molecule has 0 aromatic heterocycles. The lowest BCUT2D eigenvalue weighted by Gasteiger charge is -2.29. The Labute approximate surface area is 168 Å². The van der Waals surface area contributed by atoms with Crippen LogP contribution in [0.1, 0.15) is 32.3 Å². The minimum Gasteiger partial charge on any atom is -0.486 e. The van der Waals surface area contributed by atoms with E-state index in [0.29, 0.717) is 18.5 Å². The van der Waals surface area contributed by atoms with Crippen LogP contribution in [0.25, 0.3) is 0 Å². The molecular weight excluding hydrogens is 378 g/mol. The third-order valence-electron chi connectivity index (χ3n) is 4.83. The molecular formula is C22H24F2N2O3. The molecule has 0 radical (unpaired) electrons. The molecule has 1 aliphatic rings. The molecule has 3 rings (SSSR count). The van der Waals surface area contributed by atoms with Crippen LogP contribution in [0.2, 0.25) is 0 Å². The molecule has 154 valence electrons. The van der Waals surface area contributed by atoms with E-state index in [1.54, 1.807) is 17.0 Å². The van der Waals surface area contributed by atoms with Gasteiger partial charge in [0, 0.05) is 24.7 Å². The summed E-state index contributed by atoms with van der Waals surface area (Å²) in [5.41, 5.74) is 0.861. The van der Waals surface area contributed by atoms with Crippen LogP contribution in [0.4, 0.5) is 14.5 Å². The predicted octanol–water partition coefficient (Wildman–Crippen LogP) is 4.13. The number of benzene rings is 2. The van der Waals surface area contributed by atoms with Gasteiger partial charge in [0.2, 0.25) is 11.8 Å². The lowest BCUT2D eigenvalue weighted by Crippen LogP contribution is -2.47. The highest BCUT2D eigenvalue weighted by molar-refractivity contribution is 5.97. The highest BCUT2D eigenvalue weighted by Crippen LogP contribution is 2.24. The normalized spacial score (nSPS) is 14.9. The van der Waals surface area contributed by atoms with E-state index in [1.165, 1.54) is 30.3 Å². The van der Waals surface area contributed by atoms with Crippen molar-refractivity contribution in [3.63, 3.8) is 0 Å². The van der Waals surface area contributed by atoms with Crippen molar-refractivity contribution in [1.82, 2.24) is 4.90 Å². The Morgan fingerprint density at radius 1 is 1.21 bits per heavy atom. The van der Waals surface area contributed by atoms with Crippen LogP contribution in [0.15, 0.2) is 42.5 Å². The Bertz CT molecular complexity index is 901. The summed E-state index contributed by atoms with van der Waals surface area (Å²) in [5.74, 6) is -1.48. The molecule has 1 aliphatic heterocycles. The molecule has 0 spiro atoms. The number of anilines is 1. The second kappa shape index (κ2) is 9.03. The zero-order valence-electron chi connectivity index (χ0n) is 16.5. The van der Waals surface area contributed by atoms with Gasteiger partial charge in [-0.2, -0.15) is 0 Å². The van der Waals surface area contributed by atoms with Gasteiger partial charge in [0.05, 0.1) is 0 Å². The van der Waals surface area contributed by atoms with Crippen molar-refractivity contribution in [3.8, 4) is 5.75 Å². The summed E-state index contributed by atoms with van der Waals surface area (Å²) in [5, 5.41) is 2.69. The van der Waals surface area contributed by atoms with Gasteiger partial charge in [-0.1, -0.05) is 26.0 Å². The molecule has 0 saturated carbocycles. The number of ether oxygens (including phenoxy) is 1. The highest BCUT2D eigenvalue weighted by Gasteiger charge is 2.34. The molecule has 2 amide bonds. The summed E-state index contributed by atoms with van der Waals surface area (Å²) in [6.07, 6.45) is 1.18. The van der Waals surface area contributed by atoms with Crippen LogP contribution in [0.5, 0.6) is 5.75 Å². The summed E-state index contributed by atoms with van der Waals surface area (Å²) in [4.78, 5) is 26.4. The van der Waals surface area contributed by atoms with Crippen LogP contribution in [-0.4, -0.2) is 29.3 Å². The van der Waals surface area contributed by atoms with Crippen molar-refractivity contribution in [2.24, 2.45) is 5.92 Å². The second-order valence-corrected chi connectivity index (χ2v) is 7.43. The molecule has 2 aromatic rings. The number of carbonyl (C=O) groups excluding carboxylic acids is 2. The quantitative estimate of drug-likeness (QED) is 0.758. The van der Waals surface area contributed by atoms with Crippen molar-refractivity contribution in [2.45, 2.75) is 39.3 Å². The Hall–Kier alpha value is -2.96. The fourth-order valence-electron chi connectivity index (χ4n) is 3.47. The van der Waals surface area contributed by atoms with Crippen LogP contribution in [-0.2, 0) is 16.2 Å². The zero-order chi connectivity index (χ0) is 21.0. The predicted molar refractivity (Wildman–Crippen MR) is 105 cm³/mol. The van der Waals surface area contributed by atoms with E-state index >= 15 is 0 Å². The number of hydrogen-bond acceptors (Lipinski definition) is 3. The summed E-state index contributed by atoms with van der Waals surface area (Å²) >= 11 is 0. The lowest BCUT2D eigenvalue weighted by molar-refractivity contribution is -0.136. The third kappa shape index (κ3) is 5.10. The maximum absolute atomic E-state index is 14.4. The van der Waals surface area contributed by atoms with E-state index in [9.17, 15) is 18.4 Å². The van der Waals surface area contributed by atoms with Crippen LogP contribution < -0.4 is 10.1 Å². The van der Waals surface area contributed by atoms with Gasteiger partial charge < -0.3 is 15.0 Å². The lowest BCUT2D eigenvalue weighted by atomic mass is 10.0. The number of amides is 2. The fraction of sp³-hybridized carbons (Fsp3) is 0.364. The topological polar surface area (TPSA) is 58.6 Å². The van der Waals surface area contributed by atoms with E-state index in [1.807, 2.05) is 13.8 Å². The zero-order valence-corrected chi connectivity index (χ0v) is 16.5. The molecule has 7 heteroatoms. The Balaban J connectivity index is 1.66. The molecule has 2 aromatic carbocycles. The minimum atomic E-state index is -0.641. The van der Waals surface area contributed by atoms with Crippen molar-refractivity contribution in [2.75, 3.05) is 11.9 Å². The molecule has 1 fully saturated rings. The van der Waals surface area contributed by atoms with Crippen LogP contribution in [0, 0.1) is 17.6 Å². The van der Waals surface area contributed by atoms with Crippen LogP contribution in [0.3, 0.4) is 0 Å². The fourth-order valence-corrected chi connectivity index (χ4v) is 3.47. The summed E-state index contributed by atoms with van der Waals surface area (Å²) in [7, 11) is 0. The number of hydrogen-bond donors (Lipinski definition) is 1. The van der Waals surface area contributed by atoms with E-state index in [-0.39, 0.29) is 41.6 Å². The maximum Gasteiger partial charge on any atom is 0.247 e. The first-order valence-corrected chi connectivity index (χ1v) is 9.62. The molecule has 5 nitrogen and oxygen atoms in total. The Kier molecular flexibility index (Phi) is 6.46. The number of rotatable bonds is 7. The van der Waals surface area contributed by atoms with Gasteiger partial charge in [0.15, 0.2) is 11.6 Å². The number of nitrogens with one attached hydrogen (secondary N) is 1. The van der Waals surface area contributed by atoms with Crippen molar-refractivity contribution in [3.05, 3.63) is 59.7 Å². The van der Waals surface area contributed by atoms with E-state index < -0.39 is 11.9 Å². The Morgan fingerprint density at radius 3 is 2.62 bits per heavy atom. The molecule has 1 saturated heterocycles. The van der Waals surface area contributed by atoms with E-state index in [0.717, 1.165) is 6.42 Å². The monoisotopic (exact) mass is 402 g/mol. The largest absolute Gasteiger partial charge is 0.486 e. The van der Waals surface area contributed by atoms with Gasteiger partial charge in [-0.25, -0.2) is 8.78 Å². The first-order valence-electron chi connectivity index (χ1n) is 9.62. The average molecular weight is 402 g/mol. The van der Waals surface area contributed by atoms with Gasteiger partial charge in [-0.15, -0.1) is 0 Å². The smallest absolute Gasteiger partial charge is 0.247 e. The van der Waals surface area contributed by atoms with Gasteiger partial charge in [0.25, 0.3) is 0 Å². The van der Waals surface area contributed by atoms with Gasteiger partial charge in [0.1, 0.15) is 18.5 Å². The first-order chi connectivity index (χ1) is 13.8. The molecule has 29 heavy (non-hydrogen) atoms. The van der Waals surface area contributed by atoms with E-state index in [4.69, 9.17) is 4.74 Å². The summed E-state index contributed by atoms with van der Waals surface area (Å²) in [6.45, 7) is 4.32. The molecule has 1 heterocycles. The number of likely N-dealkylation sites (tertiary alicyclic amines) is 1. The summed E-state index contributed by atoms with van der Waals surface area (Å²) < 4.78 is 33.0. The van der Waals surface area contributed by atoms with Gasteiger partial charge in [-0.3, -0.25) is 9.59 Å². The molecule has 1 atom stereocenters. The van der Waals surface area contributed by atoms with Gasteiger partial charge >= 0.3 is 0 Å². The number of halogens is 2. The van der Waals surface area contributed by atoms with Crippen LogP contribution >= 0.6 is 0 Å². The first kappa shape index (κ1) is 20.8. The Morgan fingerprint density at radius 2 is 2.00 bits per heavy atom. The van der Waals surface area contributed by atoms with Crippen molar-refractivity contribution >= 4 is 17.5 Å². The molecule has 0 aliphatic carbocycles. The molecule has 0 bridgehead atoms. The summed E-state index contributed by atoms with van der Waals surface area (Å²) in [6, 6.07) is 9.39. The minimum absolute atomic E-state index is 0.00221. The SMILES string of the molecule is CC(C)C(C(=O)Nc1ccc(OCc2cccc(F)c2)c(F)c1)N1CCCC1=O. The second-order valence-electron chi connectivity index (χ2n) is 7.43. The average Bonchev–Trinajstić information content (AvgIpc) is 3.06.